The van der Waals surface area contributed by atoms with Crippen LogP contribution in [-0.4, -0.2) is 61.5 Å². The highest BCUT2D eigenvalue weighted by Crippen LogP contribution is 2.09. The first-order valence-electron chi connectivity index (χ1n) is 5.46. The normalized spacial score (nSPS) is 21.8. The molecular formula is C11H19NO4. The Kier molecular flexibility index (Phi) is 5.45. The van der Waals surface area contributed by atoms with Gasteiger partial charge >= 0.3 is 5.97 Å². The molecule has 0 saturated carbocycles. The number of morpholine rings is 1. The van der Waals surface area contributed by atoms with Crippen molar-refractivity contribution in [3.8, 4) is 0 Å². The van der Waals surface area contributed by atoms with Gasteiger partial charge in [0.2, 0.25) is 0 Å². The van der Waals surface area contributed by atoms with Gasteiger partial charge in [-0.25, -0.2) is 4.79 Å². The van der Waals surface area contributed by atoms with Crippen LogP contribution in [0.1, 0.15) is 6.92 Å². The SMILES string of the molecule is C=C(CN1CCOCC1CO)C(=O)OCC. The van der Waals surface area contributed by atoms with Crippen LogP contribution < -0.4 is 0 Å². The summed E-state index contributed by atoms with van der Waals surface area (Å²) in [6, 6.07) is -0.0556. The lowest BCUT2D eigenvalue weighted by Crippen LogP contribution is -2.48. The van der Waals surface area contributed by atoms with Crippen LogP contribution in [0, 0.1) is 0 Å². The van der Waals surface area contributed by atoms with E-state index in [1.165, 1.54) is 0 Å². The number of nitrogens with zero attached hydrogens (tertiary/aromatic N) is 1. The number of aliphatic hydroxyl groups excluding tert-OH is 1. The third kappa shape index (κ3) is 3.59. The van der Waals surface area contributed by atoms with Crippen LogP contribution in [0.4, 0.5) is 0 Å². The van der Waals surface area contributed by atoms with Crippen molar-refractivity contribution in [3.63, 3.8) is 0 Å². The first kappa shape index (κ1) is 13.2. The van der Waals surface area contributed by atoms with Crippen LogP contribution in [0.3, 0.4) is 0 Å². The van der Waals surface area contributed by atoms with Crippen LogP contribution in [-0.2, 0) is 14.3 Å². The van der Waals surface area contributed by atoms with E-state index in [9.17, 15) is 4.79 Å². The van der Waals surface area contributed by atoms with E-state index in [1.54, 1.807) is 6.92 Å². The number of carbonyl (C=O) groups excluding carboxylic acids is 1. The molecule has 1 aliphatic rings. The number of aliphatic hydroxyl groups is 1. The minimum Gasteiger partial charge on any atom is -0.463 e. The number of hydrogen-bond acceptors (Lipinski definition) is 5. The average Bonchev–Trinajstić information content (AvgIpc) is 2.30. The molecule has 5 heteroatoms. The van der Waals surface area contributed by atoms with Gasteiger partial charge in [0, 0.05) is 18.7 Å². The predicted octanol–water partition coefficient (Wildman–Crippen LogP) is -0.201. The molecule has 0 aromatic heterocycles. The fraction of sp³-hybridized carbons (Fsp3) is 0.727. The molecule has 0 aliphatic carbocycles. The quantitative estimate of drug-likeness (QED) is 0.522. The van der Waals surface area contributed by atoms with Crippen molar-refractivity contribution < 1.29 is 19.4 Å². The lowest BCUT2D eigenvalue weighted by atomic mass is 10.2. The lowest BCUT2D eigenvalue weighted by molar-refractivity contribution is -0.139. The summed E-state index contributed by atoms with van der Waals surface area (Å²) in [5.74, 6) is -0.370. The Bertz CT molecular complexity index is 254. The van der Waals surface area contributed by atoms with Crippen molar-refractivity contribution in [2.45, 2.75) is 13.0 Å². The van der Waals surface area contributed by atoms with Crippen LogP contribution in [0.2, 0.25) is 0 Å². The van der Waals surface area contributed by atoms with E-state index in [0.717, 1.165) is 0 Å². The molecular weight excluding hydrogens is 210 g/mol. The Morgan fingerprint density at radius 2 is 2.44 bits per heavy atom. The summed E-state index contributed by atoms with van der Waals surface area (Å²) >= 11 is 0. The molecule has 1 fully saturated rings. The molecule has 1 heterocycles. The maximum absolute atomic E-state index is 11.4. The van der Waals surface area contributed by atoms with E-state index in [2.05, 4.69) is 6.58 Å². The highest BCUT2D eigenvalue weighted by atomic mass is 16.5. The average molecular weight is 229 g/mol. The van der Waals surface area contributed by atoms with Crippen molar-refractivity contribution in [2.24, 2.45) is 0 Å². The number of carbonyl (C=O) groups is 1. The fourth-order valence-electron chi connectivity index (χ4n) is 1.61. The molecule has 0 aromatic rings. The number of ether oxygens (including phenoxy) is 2. The zero-order chi connectivity index (χ0) is 12.0. The maximum Gasteiger partial charge on any atom is 0.334 e. The number of hydrogen-bond donors (Lipinski definition) is 1. The Morgan fingerprint density at radius 3 is 3.06 bits per heavy atom. The second kappa shape index (κ2) is 6.62. The van der Waals surface area contributed by atoms with Gasteiger partial charge in [0.25, 0.3) is 0 Å². The van der Waals surface area contributed by atoms with Gasteiger partial charge in [-0.3, -0.25) is 4.90 Å². The van der Waals surface area contributed by atoms with E-state index in [-0.39, 0.29) is 18.6 Å². The van der Waals surface area contributed by atoms with Crippen molar-refractivity contribution in [1.82, 2.24) is 4.90 Å². The molecule has 1 rings (SSSR count). The van der Waals surface area contributed by atoms with Gasteiger partial charge in [0.1, 0.15) is 0 Å². The van der Waals surface area contributed by atoms with E-state index >= 15 is 0 Å². The number of esters is 1. The molecule has 16 heavy (non-hydrogen) atoms. The molecule has 1 atom stereocenters. The molecule has 0 aromatic carbocycles. The minimum atomic E-state index is -0.370. The third-order valence-corrected chi connectivity index (χ3v) is 2.52. The van der Waals surface area contributed by atoms with Crippen LogP contribution in [0.5, 0.6) is 0 Å². The van der Waals surface area contributed by atoms with Gasteiger partial charge in [-0.1, -0.05) is 6.58 Å². The van der Waals surface area contributed by atoms with Crippen molar-refractivity contribution in [1.29, 1.82) is 0 Å². The zero-order valence-corrected chi connectivity index (χ0v) is 9.65. The summed E-state index contributed by atoms with van der Waals surface area (Å²) in [6.07, 6.45) is 0. The summed E-state index contributed by atoms with van der Waals surface area (Å²) in [5, 5.41) is 9.15. The topological polar surface area (TPSA) is 59.0 Å². The van der Waals surface area contributed by atoms with E-state index < -0.39 is 0 Å². The first-order chi connectivity index (χ1) is 7.69. The molecule has 1 saturated heterocycles. The molecule has 1 unspecified atom stereocenters. The van der Waals surface area contributed by atoms with E-state index in [0.29, 0.717) is 38.5 Å². The zero-order valence-electron chi connectivity index (χ0n) is 9.65. The van der Waals surface area contributed by atoms with Crippen LogP contribution in [0.15, 0.2) is 12.2 Å². The van der Waals surface area contributed by atoms with E-state index in [1.807, 2.05) is 4.90 Å². The van der Waals surface area contributed by atoms with Gasteiger partial charge in [0.05, 0.1) is 32.5 Å². The summed E-state index contributed by atoms with van der Waals surface area (Å²) in [6.45, 7) is 8.07. The lowest BCUT2D eigenvalue weighted by Gasteiger charge is -2.34. The predicted molar refractivity (Wildman–Crippen MR) is 59.0 cm³/mol. The molecule has 0 bridgehead atoms. The van der Waals surface area contributed by atoms with Gasteiger partial charge in [0.15, 0.2) is 0 Å². The standard InChI is InChI=1S/C11H19NO4/c1-3-16-11(14)9(2)6-12-4-5-15-8-10(12)7-13/h10,13H,2-8H2,1H3. The third-order valence-electron chi connectivity index (χ3n) is 2.52. The highest BCUT2D eigenvalue weighted by molar-refractivity contribution is 5.88. The summed E-state index contributed by atoms with van der Waals surface area (Å²) in [7, 11) is 0. The van der Waals surface area contributed by atoms with Gasteiger partial charge in [-0.2, -0.15) is 0 Å². The largest absolute Gasteiger partial charge is 0.463 e. The van der Waals surface area contributed by atoms with Crippen molar-refractivity contribution in [2.75, 3.05) is 39.5 Å². The summed E-state index contributed by atoms with van der Waals surface area (Å²) < 4.78 is 10.1. The molecule has 0 amide bonds. The Balaban J connectivity index is 2.44. The van der Waals surface area contributed by atoms with Crippen LogP contribution in [0.25, 0.3) is 0 Å². The van der Waals surface area contributed by atoms with Gasteiger partial charge < -0.3 is 14.6 Å². The first-order valence-corrected chi connectivity index (χ1v) is 5.46. The smallest absolute Gasteiger partial charge is 0.334 e. The minimum absolute atomic E-state index is 0.0239. The second-order valence-corrected chi connectivity index (χ2v) is 3.71. The Labute approximate surface area is 95.6 Å². The molecule has 1 aliphatic heterocycles. The second-order valence-electron chi connectivity index (χ2n) is 3.71. The van der Waals surface area contributed by atoms with Gasteiger partial charge in [-0.05, 0) is 6.92 Å². The monoisotopic (exact) mass is 229 g/mol. The molecule has 0 spiro atoms. The number of rotatable bonds is 5. The van der Waals surface area contributed by atoms with Crippen LogP contribution >= 0.6 is 0 Å². The summed E-state index contributed by atoms with van der Waals surface area (Å²) in [5.41, 5.74) is 0.419. The fourth-order valence-corrected chi connectivity index (χ4v) is 1.61. The molecule has 92 valence electrons. The van der Waals surface area contributed by atoms with Crippen molar-refractivity contribution in [3.05, 3.63) is 12.2 Å². The molecule has 1 N–H and O–H groups in total. The molecule has 5 nitrogen and oxygen atoms in total. The molecule has 0 radical (unpaired) electrons. The Morgan fingerprint density at radius 1 is 1.69 bits per heavy atom. The Hall–Kier alpha value is -0.910. The van der Waals surface area contributed by atoms with Crippen molar-refractivity contribution >= 4 is 5.97 Å². The van der Waals surface area contributed by atoms with Gasteiger partial charge in [-0.15, -0.1) is 0 Å². The maximum atomic E-state index is 11.4. The summed E-state index contributed by atoms with van der Waals surface area (Å²) in [4.78, 5) is 13.4. The highest BCUT2D eigenvalue weighted by Gasteiger charge is 2.24. The van der Waals surface area contributed by atoms with E-state index in [4.69, 9.17) is 14.6 Å².